The number of rotatable bonds is 5. The fourth-order valence-corrected chi connectivity index (χ4v) is 2.28. The van der Waals surface area contributed by atoms with Crippen LogP contribution in [0.15, 0.2) is 36.4 Å². The van der Waals surface area contributed by atoms with E-state index in [1.807, 2.05) is 18.2 Å². The van der Waals surface area contributed by atoms with Gasteiger partial charge in [0, 0.05) is 22.5 Å². The molecule has 2 aromatic rings. The van der Waals surface area contributed by atoms with Crippen molar-refractivity contribution in [1.82, 2.24) is 0 Å². The maximum Gasteiger partial charge on any atom is 0.129 e. The number of alkyl halides is 1. The van der Waals surface area contributed by atoms with Gasteiger partial charge in [0.1, 0.15) is 23.9 Å². The highest BCUT2D eigenvalue weighted by molar-refractivity contribution is 9.08. The zero-order chi connectivity index (χ0) is 15.2. The van der Waals surface area contributed by atoms with Gasteiger partial charge < -0.3 is 9.47 Å². The van der Waals surface area contributed by atoms with Gasteiger partial charge in [0.25, 0.3) is 0 Å². The second kappa shape index (κ2) is 7.09. The van der Waals surface area contributed by atoms with Crippen molar-refractivity contribution in [1.29, 1.82) is 5.26 Å². The second-order valence-corrected chi connectivity index (χ2v) is 4.87. The molecule has 0 radical (unpaired) electrons. The molecule has 0 saturated heterocycles. The van der Waals surface area contributed by atoms with Crippen LogP contribution in [0, 0.1) is 17.1 Å². The summed E-state index contributed by atoms with van der Waals surface area (Å²) in [5.41, 5.74) is 1.69. The van der Waals surface area contributed by atoms with E-state index in [1.54, 1.807) is 13.2 Å². The molecule has 0 aliphatic rings. The topological polar surface area (TPSA) is 42.2 Å². The smallest absolute Gasteiger partial charge is 0.129 e. The molecular weight excluding hydrogens is 337 g/mol. The van der Waals surface area contributed by atoms with Crippen molar-refractivity contribution in [3.05, 3.63) is 58.9 Å². The Morgan fingerprint density at radius 1 is 1.19 bits per heavy atom. The number of methoxy groups -OCH3 is 1. The van der Waals surface area contributed by atoms with Crippen LogP contribution in [0.4, 0.5) is 4.39 Å². The van der Waals surface area contributed by atoms with Crippen LogP contribution in [0.2, 0.25) is 0 Å². The van der Waals surface area contributed by atoms with Crippen LogP contribution in [0.5, 0.6) is 11.5 Å². The summed E-state index contributed by atoms with van der Waals surface area (Å²) < 4.78 is 24.5. The lowest BCUT2D eigenvalue weighted by molar-refractivity contribution is 0.295. The Labute approximate surface area is 131 Å². The number of nitrogens with zero attached hydrogens (tertiary/aromatic N) is 1. The number of hydrogen-bond donors (Lipinski definition) is 0. The number of hydrogen-bond acceptors (Lipinski definition) is 3. The minimum absolute atomic E-state index is 0.0501. The Morgan fingerprint density at radius 2 is 2.00 bits per heavy atom. The third kappa shape index (κ3) is 3.73. The van der Waals surface area contributed by atoms with Gasteiger partial charge in [0.2, 0.25) is 0 Å². The molecule has 0 N–H and O–H groups in total. The summed E-state index contributed by atoms with van der Waals surface area (Å²) in [6, 6.07) is 11.7. The molecule has 0 aliphatic carbocycles. The first kappa shape index (κ1) is 15.3. The standard InChI is InChI=1S/C16H13BrFNO2/c1-20-14-4-3-12(8-17)16(7-14)21-10-13-6-11(9-19)2-5-15(13)18/h2-7H,8,10H2,1H3. The van der Waals surface area contributed by atoms with Crippen molar-refractivity contribution in [3.8, 4) is 17.6 Å². The fourth-order valence-electron chi connectivity index (χ4n) is 1.82. The number of benzene rings is 2. The molecule has 2 aromatic carbocycles. The molecule has 0 fully saturated rings. The molecule has 0 atom stereocenters. The summed E-state index contributed by atoms with van der Waals surface area (Å²) in [6.07, 6.45) is 0. The van der Waals surface area contributed by atoms with Crippen molar-refractivity contribution in [2.24, 2.45) is 0 Å². The summed E-state index contributed by atoms with van der Waals surface area (Å²) in [5, 5.41) is 9.47. The van der Waals surface area contributed by atoms with Gasteiger partial charge in [-0.2, -0.15) is 5.26 Å². The van der Waals surface area contributed by atoms with Gasteiger partial charge in [-0.25, -0.2) is 4.39 Å². The van der Waals surface area contributed by atoms with Crippen LogP contribution in [-0.2, 0) is 11.9 Å². The van der Waals surface area contributed by atoms with E-state index in [2.05, 4.69) is 15.9 Å². The van der Waals surface area contributed by atoms with E-state index in [4.69, 9.17) is 14.7 Å². The second-order valence-electron chi connectivity index (χ2n) is 4.31. The van der Waals surface area contributed by atoms with Crippen LogP contribution in [0.1, 0.15) is 16.7 Å². The van der Waals surface area contributed by atoms with Crippen molar-refractivity contribution >= 4 is 15.9 Å². The lowest BCUT2D eigenvalue weighted by Gasteiger charge is -2.12. The number of nitriles is 1. The summed E-state index contributed by atoms with van der Waals surface area (Å²) in [6.45, 7) is 0.0501. The Bertz CT molecular complexity index is 682. The molecule has 0 spiro atoms. The van der Waals surface area contributed by atoms with Crippen LogP contribution < -0.4 is 9.47 Å². The SMILES string of the molecule is COc1ccc(CBr)c(OCc2cc(C#N)ccc2F)c1. The molecule has 0 amide bonds. The summed E-state index contributed by atoms with van der Waals surface area (Å²) in [5.74, 6) is 0.895. The number of halogens is 2. The molecule has 0 aromatic heterocycles. The molecular formula is C16H13BrFNO2. The maximum atomic E-state index is 13.7. The Kier molecular flexibility index (Phi) is 5.18. The zero-order valence-corrected chi connectivity index (χ0v) is 13.0. The Morgan fingerprint density at radius 3 is 2.67 bits per heavy atom. The van der Waals surface area contributed by atoms with E-state index in [1.165, 1.54) is 18.2 Å². The summed E-state index contributed by atoms with van der Waals surface area (Å²) in [4.78, 5) is 0. The van der Waals surface area contributed by atoms with E-state index < -0.39 is 5.82 Å². The fraction of sp³-hybridized carbons (Fsp3) is 0.188. The van der Waals surface area contributed by atoms with Gasteiger partial charge in [-0.1, -0.05) is 22.0 Å². The van der Waals surface area contributed by atoms with E-state index in [0.717, 1.165) is 5.56 Å². The third-order valence-electron chi connectivity index (χ3n) is 2.98. The molecule has 0 saturated carbocycles. The molecule has 0 unspecified atom stereocenters. The van der Waals surface area contributed by atoms with E-state index >= 15 is 0 Å². The third-order valence-corrected chi connectivity index (χ3v) is 3.58. The van der Waals surface area contributed by atoms with Gasteiger partial charge in [-0.3, -0.25) is 0 Å². The zero-order valence-electron chi connectivity index (χ0n) is 11.4. The molecule has 2 rings (SSSR count). The lowest BCUT2D eigenvalue weighted by Crippen LogP contribution is -2.01. The average Bonchev–Trinajstić information content (AvgIpc) is 2.53. The van der Waals surface area contributed by atoms with Crippen molar-refractivity contribution in [2.75, 3.05) is 7.11 Å². The largest absolute Gasteiger partial charge is 0.497 e. The van der Waals surface area contributed by atoms with Crippen molar-refractivity contribution in [2.45, 2.75) is 11.9 Å². The molecule has 0 bridgehead atoms. The van der Waals surface area contributed by atoms with Gasteiger partial charge in [-0.15, -0.1) is 0 Å². The molecule has 3 nitrogen and oxygen atoms in total. The van der Waals surface area contributed by atoms with Crippen molar-refractivity contribution < 1.29 is 13.9 Å². The Hall–Kier alpha value is -2.06. The first-order valence-corrected chi connectivity index (χ1v) is 7.34. The highest BCUT2D eigenvalue weighted by atomic mass is 79.9. The van der Waals surface area contributed by atoms with Crippen molar-refractivity contribution in [3.63, 3.8) is 0 Å². The first-order valence-electron chi connectivity index (χ1n) is 6.22. The normalized spacial score (nSPS) is 10.0. The average molecular weight is 350 g/mol. The minimum Gasteiger partial charge on any atom is -0.497 e. The van der Waals surface area contributed by atoms with E-state index in [0.29, 0.717) is 28.0 Å². The predicted octanol–water partition coefficient (Wildman–Crippen LogP) is 4.18. The van der Waals surface area contributed by atoms with Gasteiger partial charge in [0.15, 0.2) is 0 Å². The lowest BCUT2D eigenvalue weighted by atomic mass is 10.1. The van der Waals surface area contributed by atoms with Crippen LogP contribution >= 0.6 is 15.9 Å². The molecule has 21 heavy (non-hydrogen) atoms. The quantitative estimate of drug-likeness (QED) is 0.760. The van der Waals surface area contributed by atoms with Crippen LogP contribution in [0.25, 0.3) is 0 Å². The Balaban J connectivity index is 2.21. The molecule has 0 aliphatic heterocycles. The number of ether oxygens (including phenoxy) is 2. The molecule has 108 valence electrons. The highest BCUT2D eigenvalue weighted by Gasteiger charge is 2.08. The summed E-state index contributed by atoms with van der Waals surface area (Å²) >= 11 is 3.38. The molecule has 0 heterocycles. The van der Waals surface area contributed by atoms with Crippen LogP contribution in [0.3, 0.4) is 0 Å². The monoisotopic (exact) mass is 349 g/mol. The van der Waals surface area contributed by atoms with E-state index in [-0.39, 0.29) is 6.61 Å². The molecule has 5 heteroatoms. The first-order chi connectivity index (χ1) is 10.2. The predicted molar refractivity (Wildman–Crippen MR) is 81.1 cm³/mol. The van der Waals surface area contributed by atoms with E-state index in [9.17, 15) is 4.39 Å². The van der Waals surface area contributed by atoms with Gasteiger partial charge >= 0.3 is 0 Å². The maximum absolute atomic E-state index is 13.7. The minimum atomic E-state index is -0.391. The summed E-state index contributed by atoms with van der Waals surface area (Å²) in [7, 11) is 1.57. The van der Waals surface area contributed by atoms with Gasteiger partial charge in [-0.05, 0) is 24.3 Å². The highest BCUT2D eigenvalue weighted by Crippen LogP contribution is 2.27. The van der Waals surface area contributed by atoms with Crippen LogP contribution in [-0.4, -0.2) is 7.11 Å². The van der Waals surface area contributed by atoms with Gasteiger partial charge in [0.05, 0.1) is 18.7 Å².